The fourth-order valence-corrected chi connectivity index (χ4v) is 2.44. The SMILES string of the molecule is CN(Cc1cccc(OC(F)(F)F)c1)C(=O)[C@H]1CCCOC1. The minimum Gasteiger partial charge on any atom is -0.406 e. The molecular weight excluding hydrogens is 299 g/mol. The third-order valence-corrected chi connectivity index (χ3v) is 3.44. The smallest absolute Gasteiger partial charge is 0.406 e. The number of halogens is 3. The summed E-state index contributed by atoms with van der Waals surface area (Å²) in [4.78, 5) is 13.8. The van der Waals surface area contributed by atoms with E-state index in [9.17, 15) is 18.0 Å². The molecule has 0 aromatic heterocycles. The summed E-state index contributed by atoms with van der Waals surface area (Å²) in [6.07, 6.45) is -3.10. The Morgan fingerprint density at radius 2 is 2.23 bits per heavy atom. The van der Waals surface area contributed by atoms with Gasteiger partial charge in [0.1, 0.15) is 5.75 Å². The number of carbonyl (C=O) groups excluding carboxylic acids is 1. The van der Waals surface area contributed by atoms with Crippen LogP contribution in [-0.4, -0.2) is 37.4 Å². The third kappa shape index (κ3) is 4.91. The van der Waals surface area contributed by atoms with Crippen LogP contribution in [0.4, 0.5) is 13.2 Å². The fourth-order valence-electron chi connectivity index (χ4n) is 2.44. The van der Waals surface area contributed by atoms with E-state index in [-0.39, 0.29) is 24.1 Å². The van der Waals surface area contributed by atoms with Crippen LogP contribution in [0.1, 0.15) is 18.4 Å². The van der Waals surface area contributed by atoms with Crippen LogP contribution in [0.3, 0.4) is 0 Å². The number of ether oxygens (including phenoxy) is 2. The summed E-state index contributed by atoms with van der Waals surface area (Å²) in [6, 6.07) is 5.64. The highest BCUT2D eigenvalue weighted by Crippen LogP contribution is 2.24. The monoisotopic (exact) mass is 317 g/mol. The van der Waals surface area contributed by atoms with Gasteiger partial charge in [0.15, 0.2) is 0 Å². The van der Waals surface area contributed by atoms with Crippen molar-refractivity contribution in [2.45, 2.75) is 25.7 Å². The standard InChI is InChI=1S/C15H18F3NO3/c1-19(14(20)12-5-3-7-21-10-12)9-11-4-2-6-13(8-11)22-15(16,17)18/h2,4,6,8,12H,3,5,7,9-10H2,1H3/t12-/m0/s1. The van der Waals surface area contributed by atoms with E-state index in [4.69, 9.17) is 4.74 Å². The quantitative estimate of drug-likeness (QED) is 0.857. The molecule has 0 unspecified atom stereocenters. The summed E-state index contributed by atoms with van der Waals surface area (Å²) in [5.74, 6) is -0.512. The molecule has 1 heterocycles. The predicted octanol–water partition coefficient (Wildman–Crippen LogP) is 2.97. The molecule has 1 aliphatic heterocycles. The number of carbonyl (C=O) groups is 1. The second kappa shape index (κ2) is 7.00. The zero-order valence-corrected chi connectivity index (χ0v) is 12.2. The van der Waals surface area contributed by atoms with Crippen LogP contribution in [0.15, 0.2) is 24.3 Å². The molecule has 7 heteroatoms. The van der Waals surface area contributed by atoms with Crippen molar-refractivity contribution in [3.05, 3.63) is 29.8 Å². The van der Waals surface area contributed by atoms with Crippen molar-refractivity contribution in [1.29, 1.82) is 0 Å². The van der Waals surface area contributed by atoms with Crippen molar-refractivity contribution >= 4 is 5.91 Å². The molecule has 1 fully saturated rings. The number of amides is 1. The van der Waals surface area contributed by atoms with Crippen LogP contribution in [0.2, 0.25) is 0 Å². The topological polar surface area (TPSA) is 38.8 Å². The van der Waals surface area contributed by atoms with Gasteiger partial charge in [0.25, 0.3) is 0 Å². The first-order chi connectivity index (χ1) is 10.3. The molecule has 1 aromatic rings. The fraction of sp³-hybridized carbons (Fsp3) is 0.533. The molecule has 122 valence electrons. The van der Waals surface area contributed by atoms with Gasteiger partial charge in [-0.15, -0.1) is 13.2 Å². The molecule has 0 saturated carbocycles. The lowest BCUT2D eigenvalue weighted by Gasteiger charge is -2.26. The molecule has 0 bridgehead atoms. The zero-order chi connectivity index (χ0) is 16.2. The van der Waals surface area contributed by atoms with Crippen molar-refractivity contribution in [2.75, 3.05) is 20.3 Å². The van der Waals surface area contributed by atoms with Crippen molar-refractivity contribution in [3.63, 3.8) is 0 Å². The molecule has 22 heavy (non-hydrogen) atoms. The van der Waals surface area contributed by atoms with Gasteiger partial charge >= 0.3 is 6.36 Å². The summed E-state index contributed by atoms with van der Waals surface area (Å²) in [6.45, 7) is 1.30. The minimum atomic E-state index is -4.72. The van der Waals surface area contributed by atoms with Gasteiger partial charge in [-0.3, -0.25) is 4.79 Å². The number of rotatable bonds is 4. The molecule has 0 spiro atoms. The van der Waals surface area contributed by atoms with Crippen molar-refractivity contribution in [3.8, 4) is 5.75 Å². The Balaban J connectivity index is 1.97. The van der Waals surface area contributed by atoms with Crippen LogP contribution in [0.5, 0.6) is 5.75 Å². The Bertz CT molecular complexity index is 513. The average molecular weight is 317 g/mol. The van der Waals surface area contributed by atoms with E-state index >= 15 is 0 Å². The Kier molecular flexibility index (Phi) is 5.28. The summed E-state index contributed by atoms with van der Waals surface area (Å²) in [7, 11) is 1.63. The van der Waals surface area contributed by atoms with E-state index in [1.54, 1.807) is 13.1 Å². The Labute approximate surface area is 126 Å². The lowest BCUT2D eigenvalue weighted by Crippen LogP contribution is -2.36. The highest BCUT2D eigenvalue weighted by atomic mass is 19.4. The van der Waals surface area contributed by atoms with Gasteiger partial charge < -0.3 is 14.4 Å². The molecule has 1 aromatic carbocycles. The largest absolute Gasteiger partial charge is 0.573 e. The van der Waals surface area contributed by atoms with Crippen LogP contribution >= 0.6 is 0 Å². The molecule has 0 radical (unpaired) electrons. The summed E-state index contributed by atoms with van der Waals surface area (Å²) < 4.78 is 45.8. The van der Waals surface area contributed by atoms with Gasteiger partial charge in [0.05, 0.1) is 12.5 Å². The molecule has 0 N–H and O–H groups in total. The Morgan fingerprint density at radius 1 is 1.45 bits per heavy atom. The lowest BCUT2D eigenvalue weighted by atomic mass is 10.0. The molecule has 1 atom stereocenters. The molecule has 0 aliphatic carbocycles. The van der Waals surface area contributed by atoms with E-state index < -0.39 is 6.36 Å². The molecule has 1 aliphatic rings. The van der Waals surface area contributed by atoms with E-state index in [0.717, 1.165) is 12.8 Å². The second-order valence-corrected chi connectivity index (χ2v) is 5.30. The highest BCUT2D eigenvalue weighted by Gasteiger charge is 2.31. The second-order valence-electron chi connectivity index (χ2n) is 5.30. The zero-order valence-electron chi connectivity index (χ0n) is 12.2. The van der Waals surface area contributed by atoms with Crippen LogP contribution in [-0.2, 0) is 16.1 Å². The van der Waals surface area contributed by atoms with E-state index in [1.165, 1.54) is 23.1 Å². The van der Waals surface area contributed by atoms with Gasteiger partial charge in [-0.25, -0.2) is 0 Å². The maximum Gasteiger partial charge on any atom is 0.573 e. The molecule has 4 nitrogen and oxygen atoms in total. The number of hydrogen-bond acceptors (Lipinski definition) is 3. The number of hydrogen-bond donors (Lipinski definition) is 0. The van der Waals surface area contributed by atoms with Gasteiger partial charge in [0.2, 0.25) is 5.91 Å². The Hall–Kier alpha value is -1.76. The molecule has 1 amide bonds. The number of alkyl halides is 3. The van der Waals surface area contributed by atoms with Crippen molar-refractivity contribution in [2.24, 2.45) is 5.92 Å². The van der Waals surface area contributed by atoms with E-state index in [2.05, 4.69) is 4.74 Å². The lowest BCUT2D eigenvalue weighted by molar-refractivity contribution is -0.274. The van der Waals surface area contributed by atoms with Crippen molar-refractivity contribution < 1.29 is 27.4 Å². The Morgan fingerprint density at radius 3 is 2.86 bits per heavy atom. The summed E-state index contributed by atoms with van der Waals surface area (Å²) >= 11 is 0. The third-order valence-electron chi connectivity index (χ3n) is 3.44. The normalized spacial score (nSPS) is 18.8. The minimum absolute atomic E-state index is 0.0538. The number of benzene rings is 1. The first kappa shape index (κ1) is 16.6. The van der Waals surface area contributed by atoms with Gasteiger partial charge in [-0.2, -0.15) is 0 Å². The van der Waals surface area contributed by atoms with Crippen LogP contribution < -0.4 is 4.74 Å². The number of nitrogens with zero attached hydrogens (tertiary/aromatic N) is 1. The summed E-state index contributed by atoms with van der Waals surface area (Å²) in [5.41, 5.74) is 0.578. The van der Waals surface area contributed by atoms with E-state index in [0.29, 0.717) is 18.8 Å². The predicted molar refractivity (Wildman–Crippen MR) is 73.1 cm³/mol. The molecule has 1 saturated heterocycles. The molecule has 2 rings (SSSR count). The first-order valence-corrected chi connectivity index (χ1v) is 7.02. The van der Waals surface area contributed by atoms with Crippen LogP contribution in [0, 0.1) is 5.92 Å². The maximum absolute atomic E-state index is 12.3. The van der Waals surface area contributed by atoms with Gasteiger partial charge in [-0.1, -0.05) is 12.1 Å². The first-order valence-electron chi connectivity index (χ1n) is 7.02. The van der Waals surface area contributed by atoms with Crippen LogP contribution in [0.25, 0.3) is 0 Å². The summed E-state index contributed by atoms with van der Waals surface area (Å²) in [5, 5.41) is 0. The average Bonchev–Trinajstić information content (AvgIpc) is 2.46. The van der Waals surface area contributed by atoms with Crippen molar-refractivity contribution in [1.82, 2.24) is 4.90 Å². The van der Waals surface area contributed by atoms with Gasteiger partial charge in [-0.05, 0) is 30.5 Å². The van der Waals surface area contributed by atoms with Gasteiger partial charge in [0, 0.05) is 20.2 Å². The maximum atomic E-state index is 12.3. The van der Waals surface area contributed by atoms with E-state index in [1.807, 2.05) is 0 Å². The highest BCUT2D eigenvalue weighted by molar-refractivity contribution is 5.78. The molecular formula is C15H18F3NO3.